The molecule has 37 heavy (non-hydrogen) atoms. The predicted molar refractivity (Wildman–Crippen MR) is 144 cm³/mol. The van der Waals surface area contributed by atoms with Gasteiger partial charge in [-0.2, -0.15) is 5.10 Å². The molecular weight excluding hydrogens is 474 g/mol. The van der Waals surface area contributed by atoms with Gasteiger partial charge in [-0.05, 0) is 67.1 Å². The SMILES string of the molecule is CN1CCN(c2ccc(C(=O)Nc3n[nH]c4ccc(Cc5cccc(F)c5)cc34)c(NCCF)c2)CC1. The number of alkyl halides is 1. The normalized spacial score (nSPS) is 14.2. The maximum atomic E-state index is 13.6. The molecule has 1 aromatic heterocycles. The first-order valence-corrected chi connectivity index (χ1v) is 12.4. The Bertz CT molecular complexity index is 1400. The summed E-state index contributed by atoms with van der Waals surface area (Å²) in [5, 5.41) is 14.0. The van der Waals surface area contributed by atoms with E-state index < -0.39 is 6.67 Å². The van der Waals surface area contributed by atoms with E-state index in [1.165, 1.54) is 12.1 Å². The highest BCUT2D eigenvalue weighted by atomic mass is 19.1. The molecule has 0 saturated carbocycles. The lowest BCUT2D eigenvalue weighted by Gasteiger charge is -2.34. The number of fused-ring (bicyclic) bond motifs is 1. The fourth-order valence-corrected chi connectivity index (χ4v) is 4.64. The topological polar surface area (TPSA) is 76.3 Å². The van der Waals surface area contributed by atoms with Crippen LogP contribution in [0.5, 0.6) is 0 Å². The Morgan fingerprint density at radius 2 is 1.84 bits per heavy atom. The summed E-state index contributed by atoms with van der Waals surface area (Å²) >= 11 is 0. The molecule has 3 N–H and O–H groups in total. The van der Waals surface area contributed by atoms with Gasteiger partial charge in [0, 0.05) is 49.5 Å². The highest BCUT2D eigenvalue weighted by Crippen LogP contribution is 2.28. The number of hydrogen-bond acceptors (Lipinski definition) is 5. The summed E-state index contributed by atoms with van der Waals surface area (Å²) in [5.41, 5.74) is 4.60. The van der Waals surface area contributed by atoms with Gasteiger partial charge in [-0.15, -0.1) is 0 Å². The number of anilines is 3. The molecule has 1 aliphatic rings. The van der Waals surface area contributed by atoms with E-state index in [0.29, 0.717) is 23.5 Å². The van der Waals surface area contributed by atoms with Gasteiger partial charge in [0.1, 0.15) is 12.5 Å². The van der Waals surface area contributed by atoms with Gasteiger partial charge in [-0.25, -0.2) is 8.78 Å². The van der Waals surface area contributed by atoms with E-state index in [0.717, 1.165) is 53.9 Å². The molecule has 3 aromatic carbocycles. The van der Waals surface area contributed by atoms with Crippen LogP contribution in [0.2, 0.25) is 0 Å². The Kier molecular flexibility index (Phi) is 7.32. The quantitative estimate of drug-likeness (QED) is 0.325. The van der Waals surface area contributed by atoms with Gasteiger partial charge < -0.3 is 20.4 Å². The average Bonchev–Trinajstić information content (AvgIpc) is 3.29. The molecular formula is C28H30F2N6O. The summed E-state index contributed by atoms with van der Waals surface area (Å²) in [6.45, 7) is 3.27. The molecule has 1 saturated heterocycles. The molecule has 0 aliphatic carbocycles. The van der Waals surface area contributed by atoms with Crippen molar-refractivity contribution in [2.45, 2.75) is 6.42 Å². The minimum absolute atomic E-state index is 0.112. The molecule has 0 atom stereocenters. The van der Waals surface area contributed by atoms with Gasteiger partial charge in [-0.3, -0.25) is 9.89 Å². The summed E-state index contributed by atoms with van der Waals surface area (Å²) in [5.74, 6) is -0.207. The number of halogens is 2. The summed E-state index contributed by atoms with van der Waals surface area (Å²) in [4.78, 5) is 17.9. The molecule has 4 aromatic rings. The second-order valence-corrected chi connectivity index (χ2v) is 9.35. The number of likely N-dealkylation sites (N-methyl/N-ethyl adjacent to an activating group) is 1. The summed E-state index contributed by atoms with van der Waals surface area (Å²) < 4.78 is 26.6. The van der Waals surface area contributed by atoms with Crippen LogP contribution in [-0.2, 0) is 6.42 Å². The number of H-pyrrole nitrogens is 1. The van der Waals surface area contributed by atoms with Crippen LogP contribution in [0.25, 0.3) is 10.9 Å². The maximum Gasteiger partial charge on any atom is 0.258 e. The first kappa shape index (κ1) is 24.7. The zero-order valence-electron chi connectivity index (χ0n) is 20.7. The van der Waals surface area contributed by atoms with Gasteiger partial charge in [0.05, 0.1) is 11.1 Å². The van der Waals surface area contributed by atoms with Crippen LogP contribution in [-0.4, -0.2) is 67.5 Å². The van der Waals surface area contributed by atoms with E-state index in [2.05, 4.69) is 37.7 Å². The number of amides is 1. The van der Waals surface area contributed by atoms with Crippen molar-refractivity contribution < 1.29 is 13.6 Å². The van der Waals surface area contributed by atoms with Crippen molar-refractivity contribution in [2.24, 2.45) is 0 Å². The third-order valence-electron chi connectivity index (χ3n) is 6.68. The second kappa shape index (κ2) is 11.0. The first-order valence-electron chi connectivity index (χ1n) is 12.4. The van der Waals surface area contributed by atoms with Gasteiger partial charge in [0.15, 0.2) is 5.82 Å². The molecule has 9 heteroatoms. The third-order valence-corrected chi connectivity index (χ3v) is 6.68. The van der Waals surface area contributed by atoms with E-state index in [4.69, 9.17) is 0 Å². The Morgan fingerprint density at radius 1 is 1.03 bits per heavy atom. The van der Waals surface area contributed by atoms with E-state index in [-0.39, 0.29) is 18.3 Å². The second-order valence-electron chi connectivity index (χ2n) is 9.35. The minimum Gasteiger partial charge on any atom is -0.382 e. The maximum absolute atomic E-state index is 13.6. The van der Waals surface area contributed by atoms with Crippen LogP contribution in [0.15, 0.2) is 60.7 Å². The molecule has 0 spiro atoms. The molecule has 0 bridgehead atoms. The first-order chi connectivity index (χ1) is 18.0. The lowest BCUT2D eigenvalue weighted by molar-refractivity contribution is 0.102. The molecule has 192 valence electrons. The Balaban J connectivity index is 1.38. The van der Waals surface area contributed by atoms with Crippen molar-refractivity contribution in [2.75, 3.05) is 62.0 Å². The van der Waals surface area contributed by atoms with Crippen LogP contribution in [0.1, 0.15) is 21.5 Å². The lowest BCUT2D eigenvalue weighted by atomic mass is 10.0. The molecule has 1 fully saturated rings. The predicted octanol–water partition coefficient (Wildman–Crippen LogP) is 4.68. The van der Waals surface area contributed by atoms with Gasteiger partial charge in [0.2, 0.25) is 0 Å². The molecule has 5 rings (SSSR count). The number of carbonyl (C=O) groups is 1. The van der Waals surface area contributed by atoms with Crippen molar-refractivity contribution in [3.05, 3.63) is 83.2 Å². The molecule has 1 aliphatic heterocycles. The van der Waals surface area contributed by atoms with Crippen molar-refractivity contribution in [3.8, 4) is 0 Å². The van der Waals surface area contributed by atoms with E-state index in [9.17, 15) is 13.6 Å². The van der Waals surface area contributed by atoms with Gasteiger partial charge in [-0.1, -0.05) is 18.2 Å². The van der Waals surface area contributed by atoms with E-state index in [1.54, 1.807) is 12.1 Å². The van der Waals surface area contributed by atoms with E-state index in [1.807, 2.05) is 36.4 Å². The standard InChI is InChI=1S/C28H30F2N6O/c1-35-11-13-36(14-12-35)22-6-7-23(26(18-22)31-10-9-29)28(37)32-27-24-17-20(5-8-25(24)33-34-27)15-19-3-2-4-21(30)16-19/h2-8,16-18,31H,9-15H2,1H3,(H2,32,33,34,37). The number of benzene rings is 3. The number of nitrogens with one attached hydrogen (secondary N) is 3. The number of carbonyl (C=O) groups excluding carboxylic acids is 1. The van der Waals surface area contributed by atoms with Crippen molar-refractivity contribution in [1.29, 1.82) is 0 Å². The van der Waals surface area contributed by atoms with Crippen molar-refractivity contribution in [1.82, 2.24) is 15.1 Å². The number of piperazine rings is 1. The largest absolute Gasteiger partial charge is 0.382 e. The summed E-state index contributed by atoms with van der Waals surface area (Å²) in [6.07, 6.45) is 0.553. The summed E-state index contributed by atoms with van der Waals surface area (Å²) in [7, 11) is 2.10. The van der Waals surface area contributed by atoms with Crippen LogP contribution in [0.4, 0.5) is 26.0 Å². The van der Waals surface area contributed by atoms with Crippen LogP contribution < -0.4 is 15.5 Å². The highest BCUT2D eigenvalue weighted by Gasteiger charge is 2.19. The van der Waals surface area contributed by atoms with Crippen LogP contribution in [0, 0.1) is 5.82 Å². The Morgan fingerprint density at radius 3 is 2.62 bits per heavy atom. The van der Waals surface area contributed by atoms with Gasteiger partial charge >= 0.3 is 0 Å². The number of rotatable bonds is 8. The summed E-state index contributed by atoms with van der Waals surface area (Å²) in [6, 6.07) is 17.9. The zero-order valence-corrected chi connectivity index (χ0v) is 20.7. The Hall–Kier alpha value is -3.98. The van der Waals surface area contributed by atoms with Gasteiger partial charge in [0.25, 0.3) is 5.91 Å². The van der Waals surface area contributed by atoms with E-state index >= 15 is 0 Å². The fraction of sp³-hybridized carbons (Fsp3) is 0.286. The lowest BCUT2D eigenvalue weighted by Crippen LogP contribution is -2.44. The van der Waals surface area contributed by atoms with Crippen LogP contribution in [0.3, 0.4) is 0 Å². The molecule has 1 amide bonds. The third kappa shape index (κ3) is 5.72. The number of hydrogen-bond donors (Lipinski definition) is 3. The van der Waals surface area contributed by atoms with Crippen LogP contribution >= 0.6 is 0 Å². The smallest absolute Gasteiger partial charge is 0.258 e. The molecule has 0 unspecified atom stereocenters. The number of aromatic nitrogens is 2. The average molecular weight is 505 g/mol. The highest BCUT2D eigenvalue weighted by molar-refractivity contribution is 6.11. The fourth-order valence-electron chi connectivity index (χ4n) is 4.64. The number of nitrogens with zero attached hydrogens (tertiary/aromatic N) is 3. The van der Waals surface area contributed by atoms with Crippen molar-refractivity contribution in [3.63, 3.8) is 0 Å². The molecule has 7 nitrogen and oxygen atoms in total. The van der Waals surface area contributed by atoms with Crippen molar-refractivity contribution >= 4 is 34.0 Å². The monoisotopic (exact) mass is 504 g/mol. The molecule has 0 radical (unpaired) electrons. The number of aromatic amines is 1. The molecule has 2 heterocycles. The minimum atomic E-state index is -0.544. The zero-order chi connectivity index (χ0) is 25.8. The Labute approximate surface area is 214 Å².